The predicted molar refractivity (Wildman–Crippen MR) is 79.3 cm³/mol. The molecule has 0 unspecified atom stereocenters. The smallest absolute Gasteiger partial charge is 0.317 e. The second kappa shape index (κ2) is 8.55. The van der Waals surface area contributed by atoms with E-state index >= 15 is 0 Å². The van der Waals surface area contributed by atoms with Crippen molar-refractivity contribution >= 4 is 5.97 Å². The van der Waals surface area contributed by atoms with Crippen molar-refractivity contribution in [3.8, 4) is 5.75 Å². The number of rotatable bonds is 9. The first-order valence-corrected chi connectivity index (χ1v) is 6.73. The second-order valence-corrected chi connectivity index (χ2v) is 5.07. The normalized spacial score (nSPS) is 11.1. The van der Waals surface area contributed by atoms with E-state index in [4.69, 9.17) is 9.84 Å². The van der Waals surface area contributed by atoms with Crippen LogP contribution in [0.4, 0.5) is 0 Å². The van der Waals surface area contributed by atoms with Crippen LogP contribution in [0.3, 0.4) is 0 Å². The number of methoxy groups -OCH3 is 1. The molecule has 0 amide bonds. The number of hydrogen-bond donors (Lipinski definition) is 1. The van der Waals surface area contributed by atoms with Gasteiger partial charge in [0.25, 0.3) is 0 Å². The SMILES string of the molecule is COc1ccc(CCN(CCN(C)C)CC(=O)O)cc1. The number of carbonyl (C=O) groups is 1. The fraction of sp³-hybridized carbons (Fsp3) is 0.533. The summed E-state index contributed by atoms with van der Waals surface area (Å²) in [7, 11) is 5.62. The largest absolute Gasteiger partial charge is 0.497 e. The number of carboxylic acids is 1. The molecule has 0 aliphatic carbocycles. The van der Waals surface area contributed by atoms with E-state index in [0.717, 1.165) is 31.8 Å². The van der Waals surface area contributed by atoms with Gasteiger partial charge in [0.15, 0.2) is 0 Å². The van der Waals surface area contributed by atoms with Crippen LogP contribution >= 0.6 is 0 Å². The second-order valence-electron chi connectivity index (χ2n) is 5.07. The molecule has 1 N–H and O–H groups in total. The van der Waals surface area contributed by atoms with Gasteiger partial charge in [-0.05, 0) is 38.2 Å². The van der Waals surface area contributed by atoms with Crippen LogP contribution in [-0.4, -0.2) is 68.3 Å². The highest BCUT2D eigenvalue weighted by Gasteiger charge is 2.10. The lowest BCUT2D eigenvalue weighted by molar-refractivity contribution is -0.138. The fourth-order valence-electron chi connectivity index (χ4n) is 1.88. The number of benzene rings is 1. The van der Waals surface area contributed by atoms with Crippen molar-refractivity contribution < 1.29 is 14.6 Å². The Bertz CT molecular complexity index is 404. The Morgan fingerprint density at radius 2 is 1.80 bits per heavy atom. The molecule has 112 valence electrons. The van der Waals surface area contributed by atoms with Crippen molar-refractivity contribution in [1.82, 2.24) is 9.80 Å². The molecule has 0 heterocycles. The van der Waals surface area contributed by atoms with Crippen molar-refractivity contribution in [2.24, 2.45) is 0 Å². The van der Waals surface area contributed by atoms with Crippen LogP contribution in [0.1, 0.15) is 5.56 Å². The van der Waals surface area contributed by atoms with Crippen LogP contribution in [0.2, 0.25) is 0 Å². The monoisotopic (exact) mass is 280 g/mol. The van der Waals surface area contributed by atoms with E-state index in [2.05, 4.69) is 4.90 Å². The lowest BCUT2D eigenvalue weighted by Crippen LogP contribution is -2.36. The van der Waals surface area contributed by atoms with Crippen molar-refractivity contribution in [3.05, 3.63) is 29.8 Å². The maximum absolute atomic E-state index is 10.9. The van der Waals surface area contributed by atoms with Crippen LogP contribution in [0.5, 0.6) is 5.75 Å². The summed E-state index contributed by atoms with van der Waals surface area (Å²) in [5.74, 6) is 0.0576. The zero-order valence-electron chi connectivity index (χ0n) is 12.5. The van der Waals surface area contributed by atoms with Gasteiger partial charge in [0.05, 0.1) is 13.7 Å². The minimum Gasteiger partial charge on any atom is -0.497 e. The number of carboxylic acid groups (broad SMARTS) is 1. The molecule has 5 heteroatoms. The first-order valence-electron chi connectivity index (χ1n) is 6.73. The van der Waals surface area contributed by atoms with E-state index in [1.165, 1.54) is 5.56 Å². The van der Waals surface area contributed by atoms with Crippen molar-refractivity contribution in [2.75, 3.05) is 47.4 Å². The molecular weight excluding hydrogens is 256 g/mol. The Kier molecular flexibility index (Phi) is 7.04. The Hall–Kier alpha value is -1.59. The maximum Gasteiger partial charge on any atom is 0.317 e. The van der Waals surface area contributed by atoms with Gasteiger partial charge in [-0.15, -0.1) is 0 Å². The third-order valence-electron chi connectivity index (χ3n) is 3.10. The maximum atomic E-state index is 10.9. The van der Waals surface area contributed by atoms with Crippen molar-refractivity contribution in [1.29, 1.82) is 0 Å². The summed E-state index contributed by atoms with van der Waals surface area (Å²) in [6.07, 6.45) is 0.838. The third kappa shape index (κ3) is 6.54. The number of aliphatic carboxylic acids is 1. The van der Waals surface area contributed by atoms with Gasteiger partial charge in [0.2, 0.25) is 0 Å². The highest BCUT2D eigenvalue weighted by molar-refractivity contribution is 5.69. The van der Waals surface area contributed by atoms with Crippen LogP contribution in [0, 0.1) is 0 Å². The number of likely N-dealkylation sites (N-methyl/N-ethyl adjacent to an activating group) is 1. The average Bonchev–Trinajstić information content (AvgIpc) is 2.42. The van der Waals surface area contributed by atoms with Crippen LogP contribution in [0.25, 0.3) is 0 Å². The van der Waals surface area contributed by atoms with E-state index in [1.807, 2.05) is 43.3 Å². The highest BCUT2D eigenvalue weighted by atomic mass is 16.5. The fourth-order valence-corrected chi connectivity index (χ4v) is 1.88. The van der Waals surface area contributed by atoms with Gasteiger partial charge < -0.3 is 14.7 Å². The topological polar surface area (TPSA) is 53.0 Å². The molecule has 0 saturated carbocycles. The van der Waals surface area contributed by atoms with Crippen LogP contribution < -0.4 is 4.74 Å². The molecule has 1 aromatic carbocycles. The summed E-state index contributed by atoms with van der Waals surface area (Å²) in [5, 5.41) is 8.94. The summed E-state index contributed by atoms with van der Waals surface area (Å²) in [6.45, 7) is 2.45. The Morgan fingerprint density at radius 3 is 2.30 bits per heavy atom. The van der Waals surface area contributed by atoms with Gasteiger partial charge in [-0.2, -0.15) is 0 Å². The lowest BCUT2D eigenvalue weighted by Gasteiger charge is -2.22. The molecule has 0 bridgehead atoms. The van der Waals surface area contributed by atoms with Crippen molar-refractivity contribution in [2.45, 2.75) is 6.42 Å². The van der Waals surface area contributed by atoms with E-state index in [-0.39, 0.29) is 6.54 Å². The minimum absolute atomic E-state index is 0.0873. The zero-order valence-corrected chi connectivity index (χ0v) is 12.5. The minimum atomic E-state index is -0.779. The average molecular weight is 280 g/mol. The molecule has 0 aliphatic rings. The summed E-state index contributed by atoms with van der Waals surface area (Å²) in [6, 6.07) is 7.89. The van der Waals surface area contributed by atoms with E-state index in [0.29, 0.717) is 0 Å². The number of ether oxygens (including phenoxy) is 1. The van der Waals surface area contributed by atoms with E-state index < -0.39 is 5.97 Å². The first kappa shape index (κ1) is 16.5. The predicted octanol–water partition coefficient (Wildman–Crippen LogP) is 1.19. The first-order chi connectivity index (χ1) is 9.51. The standard InChI is InChI=1S/C15H24N2O3/c1-16(2)10-11-17(12-15(18)19)9-8-13-4-6-14(20-3)7-5-13/h4-7H,8-12H2,1-3H3,(H,18,19). The Balaban J connectivity index is 2.48. The van der Waals surface area contributed by atoms with Gasteiger partial charge >= 0.3 is 5.97 Å². The molecule has 0 atom stereocenters. The summed E-state index contributed by atoms with van der Waals surface area (Å²) in [4.78, 5) is 14.9. The van der Waals surface area contributed by atoms with Gasteiger partial charge in [0.1, 0.15) is 5.75 Å². The summed E-state index contributed by atoms with van der Waals surface area (Å²) >= 11 is 0. The molecule has 0 fully saturated rings. The van der Waals surface area contributed by atoms with E-state index in [1.54, 1.807) is 7.11 Å². The third-order valence-corrected chi connectivity index (χ3v) is 3.10. The molecule has 1 rings (SSSR count). The molecule has 1 aromatic rings. The molecule has 0 spiro atoms. The quantitative estimate of drug-likeness (QED) is 0.736. The van der Waals surface area contributed by atoms with Gasteiger partial charge in [-0.3, -0.25) is 9.69 Å². The van der Waals surface area contributed by atoms with Crippen LogP contribution in [-0.2, 0) is 11.2 Å². The zero-order chi connectivity index (χ0) is 15.0. The lowest BCUT2D eigenvalue weighted by atomic mass is 10.1. The molecule has 0 aromatic heterocycles. The summed E-state index contributed by atoms with van der Waals surface area (Å²) < 4.78 is 5.12. The van der Waals surface area contributed by atoms with Gasteiger partial charge in [-0.25, -0.2) is 0 Å². The molecule has 5 nitrogen and oxygen atoms in total. The van der Waals surface area contributed by atoms with Gasteiger partial charge in [-0.1, -0.05) is 12.1 Å². The van der Waals surface area contributed by atoms with Crippen LogP contribution in [0.15, 0.2) is 24.3 Å². The van der Waals surface area contributed by atoms with Crippen molar-refractivity contribution in [3.63, 3.8) is 0 Å². The number of nitrogens with zero attached hydrogens (tertiary/aromatic N) is 2. The Morgan fingerprint density at radius 1 is 1.15 bits per heavy atom. The molecule has 20 heavy (non-hydrogen) atoms. The molecule has 0 aliphatic heterocycles. The number of hydrogen-bond acceptors (Lipinski definition) is 4. The van der Waals surface area contributed by atoms with Gasteiger partial charge in [0, 0.05) is 19.6 Å². The Labute approximate surface area is 120 Å². The van der Waals surface area contributed by atoms with E-state index in [9.17, 15) is 4.79 Å². The summed E-state index contributed by atoms with van der Waals surface area (Å²) in [5.41, 5.74) is 1.19. The molecular formula is C15H24N2O3. The molecule has 0 saturated heterocycles. The molecule has 0 radical (unpaired) electrons. The highest BCUT2D eigenvalue weighted by Crippen LogP contribution is 2.12.